The summed E-state index contributed by atoms with van der Waals surface area (Å²) in [7, 11) is 0. The molecule has 2 saturated heterocycles. The van der Waals surface area contributed by atoms with E-state index in [4.69, 9.17) is 9.47 Å². The Kier molecular flexibility index (Phi) is 6.88. The van der Waals surface area contributed by atoms with Crippen LogP contribution < -0.4 is 4.74 Å². The molecule has 1 aliphatic carbocycles. The van der Waals surface area contributed by atoms with E-state index < -0.39 is 17.7 Å². The van der Waals surface area contributed by atoms with Crippen molar-refractivity contribution in [1.29, 1.82) is 0 Å². The predicted molar refractivity (Wildman–Crippen MR) is 120 cm³/mol. The Morgan fingerprint density at radius 3 is 2.53 bits per heavy atom. The highest BCUT2D eigenvalue weighted by Crippen LogP contribution is 2.28. The molecule has 0 unspecified atom stereocenters. The van der Waals surface area contributed by atoms with Crippen molar-refractivity contribution in [2.75, 3.05) is 32.7 Å². The van der Waals surface area contributed by atoms with Gasteiger partial charge in [0, 0.05) is 50.9 Å². The van der Waals surface area contributed by atoms with Crippen molar-refractivity contribution in [3.63, 3.8) is 0 Å². The van der Waals surface area contributed by atoms with Crippen molar-refractivity contribution in [3.05, 3.63) is 24.4 Å². The Morgan fingerprint density at radius 2 is 1.88 bits per heavy atom. The Labute approximate surface area is 190 Å². The maximum Gasteiger partial charge on any atom is 0.411 e. The number of ether oxygens (including phenoxy) is 2. The lowest BCUT2D eigenvalue weighted by atomic mass is 9.91. The highest BCUT2D eigenvalue weighted by atomic mass is 16.6. The Hall–Kier alpha value is -2.35. The second-order valence-electron chi connectivity index (χ2n) is 10.1. The third-order valence-electron chi connectivity index (χ3n) is 6.53. The van der Waals surface area contributed by atoms with Crippen molar-refractivity contribution in [2.24, 2.45) is 0 Å². The molecule has 3 aliphatic rings. The van der Waals surface area contributed by atoms with Crippen molar-refractivity contribution < 1.29 is 19.1 Å². The number of likely N-dealkylation sites (tertiary alicyclic amines) is 1. The minimum atomic E-state index is -0.628. The summed E-state index contributed by atoms with van der Waals surface area (Å²) in [5.74, 6) is 0.499. The summed E-state index contributed by atoms with van der Waals surface area (Å²) in [4.78, 5) is 36.8. The molecular weight excluding hydrogens is 408 g/mol. The summed E-state index contributed by atoms with van der Waals surface area (Å²) < 4.78 is 11.6. The van der Waals surface area contributed by atoms with Gasteiger partial charge < -0.3 is 14.4 Å². The summed E-state index contributed by atoms with van der Waals surface area (Å²) in [5, 5.41) is 0. The average Bonchev–Trinajstić information content (AvgIpc) is 2.97. The topological polar surface area (TPSA) is 75.2 Å². The molecule has 0 spiro atoms. The summed E-state index contributed by atoms with van der Waals surface area (Å²) in [5.41, 5.74) is -0.628. The molecule has 0 aromatic carbocycles. The Balaban J connectivity index is 1.44. The average molecular weight is 445 g/mol. The highest BCUT2D eigenvalue weighted by Gasteiger charge is 2.44. The molecule has 1 aromatic heterocycles. The molecule has 4 rings (SSSR count). The molecule has 8 heteroatoms. The fraction of sp³-hybridized carbons (Fsp3) is 0.708. The van der Waals surface area contributed by atoms with Gasteiger partial charge in [-0.25, -0.2) is 9.78 Å². The lowest BCUT2D eigenvalue weighted by Crippen LogP contribution is -2.50. The zero-order chi connectivity index (χ0) is 22.7. The Morgan fingerprint density at radius 1 is 1.06 bits per heavy atom. The van der Waals surface area contributed by atoms with Gasteiger partial charge in [0.25, 0.3) is 0 Å². The molecule has 2 atom stereocenters. The quantitative estimate of drug-likeness (QED) is 0.711. The molecule has 8 nitrogen and oxygen atoms in total. The molecule has 176 valence electrons. The number of hydrogen-bond donors (Lipinski definition) is 0. The molecule has 3 fully saturated rings. The second kappa shape index (κ2) is 9.65. The van der Waals surface area contributed by atoms with Crippen LogP contribution in [0, 0.1) is 0 Å². The van der Waals surface area contributed by atoms with Gasteiger partial charge in [0.1, 0.15) is 17.7 Å². The van der Waals surface area contributed by atoms with E-state index in [1.165, 1.54) is 19.3 Å². The summed E-state index contributed by atoms with van der Waals surface area (Å²) in [6.07, 6.45) is 6.18. The third-order valence-corrected chi connectivity index (χ3v) is 6.53. The first-order valence-electron chi connectivity index (χ1n) is 11.9. The van der Waals surface area contributed by atoms with E-state index in [1.807, 2.05) is 37.8 Å². The van der Waals surface area contributed by atoms with Crippen LogP contribution >= 0.6 is 0 Å². The van der Waals surface area contributed by atoms with Crippen molar-refractivity contribution in [1.82, 2.24) is 19.7 Å². The monoisotopic (exact) mass is 444 g/mol. The fourth-order valence-electron chi connectivity index (χ4n) is 4.71. The van der Waals surface area contributed by atoms with E-state index in [0.29, 0.717) is 31.4 Å². The maximum absolute atomic E-state index is 13.6. The van der Waals surface area contributed by atoms with E-state index in [0.717, 1.165) is 26.1 Å². The standard InChI is InChI=1S/C24H36N4O4/c1-24(2,3)32-23(30)28-17-19(31-21-10-4-5-11-25-21)16-20(28)22(29)27-13-7-12-26(14-15-27)18-8-6-9-18/h4-5,10-11,18-20H,6-9,12-17H2,1-3H3/t19-,20+/m1/s1. The molecule has 2 aliphatic heterocycles. The van der Waals surface area contributed by atoms with Crippen LogP contribution in [0.5, 0.6) is 5.88 Å². The van der Waals surface area contributed by atoms with Gasteiger partial charge in [-0.3, -0.25) is 14.6 Å². The molecule has 0 bridgehead atoms. The number of hydrogen-bond acceptors (Lipinski definition) is 6. The highest BCUT2D eigenvalue weighted by molar-refractivity contribution is 5.86. The van der Waals surface area contributed by atoms with Crippen LogP contribution in [0.3, 0.4) is 0 Å². The molecule has 1 aromatic rings. The third kappa shape index (κ3) is 5.52. The van der Waals surface area contributed by atoms with Gasteiger partial charge in [-0.15, -0.1) is 0 Å². The first-order valence-corrected chi connectivity index (χ1v) is 11.9. The maximum atomic E-state index is 13.6. The number of aromatic nitrogens is 1. The first-order chi connectivity index (χ1) is 15.3. The smallest absolute Gasteiger partial charge is 0.411 e. The van der Waals surface area contributed by atoms with Crippen LogP contribution in [0.1, 0.15) is 52.9 Å². The van der Waals surface area contributed by atoms with Gasteiger partial charge in [0.2, 0.25) is 11.8 Å². The number of amides is 2. The van der Waals surface area contributed by atoms with Gasteiger partial charge in [0.15, 0.2) is 0 Å². The van der Waals surface area contributed by atoms with Crippen LogP contribution in [-0.4, -0.2) is 88.2 Å². The van der Waals surface area contributed by atoms with Crippen LogP contribution in [0.25, 0.3) is 0 Å². The normalized spacial score (nSPS) is 25.2. The van der Waals surface area contributed by atoms with Crippen LogP contribution in [0.15, 0.2) is 24.4 Å². The number of pyridine rings is 1. The van der Waals surface area contributed by atoms with E-state index in [2.05, 4.69) is 9.88 Å². The van der Waals surface area contributed by atoms with Gasteiger partial charge >= 0.3 is 6.09 Å². The molecule has 3 heterocycles. The molecular formula is C24H36N4O4. The summed E-state index contributed by atoms with van der Waals surface area (Å²) >= 11 is 0. The summed E-state index contributed by atoms with van der Waals surface area (Å²) in [6, 6.07) is 5.58. The van der Waals surface area contributed by atoms with Crippen molar-refractivity contribution >= 4 is 12.0 Å². The van der Waals surface area contributed by atoms with Crippen LogP contribution in [0.4, 0.5) is 4.79 Å². The number of rotatable bonds is 4. The second-order valence-corrected chi connectivity index (χ2v) is 10.1. The summed E-state index contributed by atoms with van der Waals surface area (Å²) in [6.45, 7) is 9.20. The lowest BCUT2D eigenvalue weighted by molar-refractivity contribution is -0.135. The zero-order valence-corrected chi connectivity index (χ0v) is 19.5. The SMILES string of the molecule is CC(C)(C)OC(=O)N1C[C@H](Oc2ccccn2)C[C@H]1C(=O)N1CCCN(C2CCC2)CC1. The van der Waals surface area contributed by atoms with Gasteiger partial charge in [-0.05, 0) is 46.1 Å². The zero-order valence-electron chi connectivity index (χ0n) is 19.5. The molecule has 0 N–H and O–H groups in total. The Bertz CT molecular complexity index is 793. The van der Waals surface area contributed by atoms with Crippen molar-refractivity contribution in [2.45, 2.75) is 76.7 Å². The van der Waals surface area contributed by atoms with Crippen LogP contribution in [-0.2, 0) is 9.53 Å². The van der Waals surface area contributed by atoms with Crippen molar-refractivity contribution in [3.8, 4) is 5.88 Å². The van der Waals surface area contributed by atoms with Crippen LogP contribution in [0.2, 0.25) is 0 Å². The number of nitrogens with zero attached hydrogens (tertiary/aromatic N) is 4. The van der Waals surface area contributed by atoms with E-state index in [1.54, 1.807) is 17.2 Å². The first kappa shape index (κ1) is 22.8. The minimum Gasteiger partial charge on any atom is -0.472 e. The van der Waals surface area contributed by atoms with Gasteiger partial charge in [-0.1, -0.05) is 12.5 Å². The molecule has 2 amide bonds. The fourth-order valence-corrected chi connectivity index (χ4v) is 4.71. The molecule has 0 radical (unpaired) electrons. The van der Waals surface area contributed by atoms with E-state index in [-0.39, 0.29) is 12.0 Å². The molecule has 1 saturated carbocycles. The minimum absolute atomic E-state index is 0.00144. The predicted octanol–water partition coefficient (Wildman–Crippen LogP) is 2.93. The van der Waals surface area contributed by atoms with Gasteiger partial charge in [-0.2, -0.15) is 0 Å². The van der Waals surface area contributed by atoms with E-state index in [9.17, 15) is 9.59 Å². The van der Waals surface area contributed by atoms with Gasteiger partial charge in [0.05, 0.1) is 6.54 Å². The van der Waals surface area contributed by atoms with E-state index >= 15 is 0 Å². The number of carbonyl (C=O) groups is 2. The molecule has 32 heavy (non-hydrogen) atoms. The lowest BCUT2D eigenvalue weighted by Gasteiger charge is -2.37. The number of carbonyl (C=O) groups excluding carboxylic acids is 2. The largest absolute Gasteiger partial charge is 0.472 e.